The minimum atomic E-state index is 0.272. The molecule has 0 saturated heterocycles. The summed E-state index contributed by atoms with van der Waals surface area (Å²) >= 11 is 0. The van der Waals surface area contributed by atoms with Crippen molar-refractivity contribution in [3.63, 3.8) is 0 Å². The van der Waals surface area contributed by atoms with Gasteiger partial charge >= 0.3 is 0 Å². The maximum Gasteiger partial charge on any atom is 0.127 e. The van der Waals surface area contributed by atoms with Crippen LogP contribution in [0.15, 0.2) is 18.2 Å². The van der Waals surface area contributed by atoms with Gasteiger partial charge in [0.25, 0.3) is 0 Å². The van der Waals surface area contributed by atoms with Crippen molar-refractivity contribution >= 4 is 0 Å². The second-order valence-electron chi connectivity index (χ2n) is 4.85. The van der Waals surface area contributed by atoms with Gasteiger partial charge < -0.3 is 9.84 Å². The molecular weight excluding hydrogens is 214 g/mol. The maximum atomic E-state index is 9.42. The predicted octanol–water partition coefficient (Wildman–Crippen LogP) is 2.95. The summed E-state index contributed by atoms with van der Waals surface area (Å²) in [5, 5.41) is 9.42. The molecule has 1 aliphatic heterocycles. The van der Waals surface area contributed by atoms with Gasteiger partial charge in [0, 0.05) is 17.7 Å². The van der Waals surface area contributed by atoms with Gasteiger partial charge in [0.05, 0.1) is 6.04 Å². The number of aromatic hydroxyl groups is 1. The van der Waals surface area contributed by atoms with Crippen LogP contribution in [0.3, 0.4) is 0 Å². The minimum absolute atomic E-state index is 0.272. The highest BCUT2D eigenvalue weighted by Gasteiger charge is 2.29. The van der Waals surface area contributed by atoms with Crippen LogP contribution in [-0.4, -0.2) is 29.7 Å². The molecule has 2 rings (SSSR count). The van der Waals surface area contributed by atoms with E-state index in [-0.39, 0.29) is 5.75 Å². The van der Waals surface area contributed by atoms with Gasteiger partial charge in [-0.3, -0.25) is 4.90 Å². The van der Waals surface area contributed by atoms with Crippen LogP contribution in [0, 0.1) is 0 Å². The normalized spacial score (nSPS) is 20.1. The Labute approximate surface area is 103 Å². The van der Waals surface area contributed by atoms with Gasteiger partial charge in [-0.2, -0.15) is 0 Å². The quantitative estimate of drug-likeness (QED) is 0.871. The first kappa shape index (κ1) is 12.2. The van der Waals surface area contributed by atoms with E-state index in [0.717, 1.165) is 5.75 Å². The molecule has 0 spiro atoms. The molecule has 94 valence electrons. The van der Waals surface area contributed by atoms with Gasteiger partial charge in [-0.15, -0.1) is 0 Å². The van der Waals surface area contributed by atoms with Crippen LogP contribution in [0.4, 0.5) is 0 Å². The highest BCUT2D eigenvalue weighted by atomic mass is 16.5. The fraction of sp³-hybridized carbons (Fsp3) is 0.571. The van der Waals surface area contributed by atoms with Crippen LogP contribution < -0.4 is 4.74 Å². The number of nitrogens with zero attached hydrogens (tertiary/aromatic N) is 1. The lowest BCUT2D eigenvalue weighted by molar-refractivity contribution is 0.147. The summed E-state index contributed by atoms with van der Waals surface area (Å²) in [6.45, 7) is 5.15. The van der Waals surface area contributed by atoms with Gasteiger partial charge in [-0.05, 0) is 32.5 Å². The number of benzene rings is 1. The van der Waals surface area contributed by atoms with E-state index in [9.17, 15) is 5.11 Å². The van der Waals surface area contributed by atoms with Crippen LogP contribution in [0.2, 0.25) is 0 Å². The van der Waals surface area contributed by atoms with Gasteiger partial charge in [0.1, 0.15) is 18.1 Å². The number of likely N-dealkylation sites (N-methyl/N-ethyl adjacent to an activating group) is 1. The van der Waals surface area contributed by atoms with E-state index >= 15 is 0 Å². The molecule has 2 atom stereocenters. The van der Waals surface area contributed by atoms with Crippen molar-refractivity contribution in [2.24, 2.45) is 0 Å². The molecule has 0 saturated carbocycles. The third-order valence-corrected chi connectivity index (χ3v) is 3.65. The van der Waals surface area contributed by atoms with Crippen LogP contribution in [0.1, 0.15) is 38.3 Å². The standard InChI is InChI=1S/C14H21NO2/c1-4-5-10(2)15(3)13-9-17-14-8-11(16)6-7-12(13)14/h6-8,10,13,16H,4-5,9H2,1-3H3. The van der Waals surface area contributed by atoms with Crippen LogP contribution in [0.5, 0.6) is 11.5 Å². The van der Waals surface area contributed by atoms with E-state index in [2.05, 4.69) is 25.8 Å². The smallest absolute Gasteiger partial charge is 0.127 e. The SMILES string of the molecule is CCCC(C)N(C)C1COc2cc(O)ccc21. The monoisotopic (exact) mass is 235 g/mol. The van der Waals surface area contributed by atoms with Gasteiger partial charge in [0.2, 0.25) is 0 Å². The average Bonchev–Trinajstić information content (AvgIpc) is 2.71. The van der Waals surface area contributed by atoms with Crippen LogP contribution >= 0.6 is 0 Å². The zero-order valence-electron chi connectivity index (χ0n) is 10.8. The van der Waals surface area contributed by atoms with Crippen molar-refractivity contribution in [1.82, 2.24) is 4.90 Å². The summed E-state index contributed by atoms with van der Waals surface area (Å²) < 4.78 is 5.64. The molecule has 1 aromatic rings. The van der Waals surface area contributed by atoms with E-state index in [1.54, 1.807) is 12.1 Å². The Kier molecular flexibility index (Phi) is 3.57. The Balaban J connectivity index is 2.16. The Morgan fingerprint density at radius 3 is 3.00 bits per heavy atom. The lowest BCUT2D eigenvalue weighted by atomic mass is 10.0. The Morgan fingerprint density at radius 1 is 1.53 bits per heavy atom. The van der Waals surface area contributed by atoms with Gasteiger partial charge in [-0.1, -0.05) is 13.3 Å². The van der Waals surface area contributed by atoms with Crippen molar-refractivity contribution in [3.8, 4) is 11.5 Å². The average molecular weight is 235 g/mol. The minimum Gasteiger partial charge on any atom is -0.508 e. The molecule has 1 aliphatic rings. The molecule has 0 aromatic heterocycles. The van der Waals surface area contributed by atoms with E-state index < -0.39 is 0 Å². The Morgan fingerprint density at radius 2 is 2.29 bits per heavy atom. The lowest BCUT2D eigenvalue weighted by Crippen LogP contribution is -2.33. The molecule has 0 aliphatic carbocycles. The third-order valence-electron chi connectivity index (χ3n) is 3.65. The largest absolute Gasteiger partial charge is 0.508 e. The number of fused-ring (bicyclic) bond motifs is 1. The summed E-state index contributed by atoms with van der Waals surface area (Å²) in [6, 6.07) is 6.27. The number of phenolic OH excluding ortho intramolecular Hbond substituents is 1. The summed E-state index contributed by atoms with van der Waals surface area (Å²) in [6.07, 6.45) is 2.39. The summed E-state index contributed by atoms with van der Waals surface area (Å²) in [7, 11) is 2.15. The van der Waals surface area contributed by atoms with Crippen molar-refractivity contribution in [2.75, 3.05) is 13.7 Å². The molecule has 3 nitrogen and oxygen atoms in total. The van der Waals surface area contributed by atoms with Gasteiger partial charge in [-0.25, -0.2) is 0 Å². The summed E-state index contributed by atoms with van der Waals surface area (Å²) in [5.41, 5.74) is 1.19. The molecule has 0 bridgehead atoms. The summed E-state index contributed by atoms with van der Waals surface area (Å²) in [5.74, 6) is 1.10. The van der Waals surface area contributed by atoms with E-state index in [1.807, 2.05) is 6.07 Å². The molecule has 0 fully saturated rings. The number of ether oxygens (including phenoxy) is 1. The molecular formula is C14H21NO2. The summed E-state index contributed by atoms with van der Waals surface area (Å²) in [4.78, 5) is 2.37. The zero-order chi connectivity index (χ0) is 12.4. The molecule has 1 heterocycles. The second-order valence-corrected chi connectivity index (χ2v) is 4.85. The third kappa shape index (κ3) is 2.39. The number of rotatable bonds is 4. The first-order valence-electron chi connectivity index (χ1n) is 6.31. The lowest BCUT2D eigenvalue weighted by Gasteiger charge is -2.29. The molecule has 2 unspecified atom stereocenters. The first-order chi connectivity index (χ1) is 8.13. The van der Waals surface area contributed by atoms with E-state index in [4.69, 9.17) is 4.74 Å². The fourth-order valence-corrected chi connectivity index (χ4v) is 2.45. The van der Waals surface area contributed by atoms with Crippen LogP contribution in [0.25, 0.3) is 0 Å². The molecule has 1 aromatic carbocycles. The van der Waals surface area contributed by atoms with Crippen LogP contribution in [-0.2, 0) is 0 Å². The second kappa shape index (κ2) is 4.96. The van der Waals surface area contributed by atoms with Crippen molar-refractivity contribution < 1.29 is 9.84 Å². The fourth-order valence-electron chi connectivity index (χ4n) is 2.45. The number of hydrogen-bond donors (Lipinski definition) is 1. The molecule has 1 N–H and O–H groups in total. The van der Waals surface area contributed by atoms with Crippen molar-refractivity contribution in [1.29, 1.82) is 0 Å². The Bertz CT molecular complexity index is 392. The molecule has 0 radical (unpaired) electrons. The predicted molar refractivity (Wildman–Crippen MR) is 68.5 cm³/mol. The number of phenols is 1. The topological polar surface area (TPSA) is 32.7 Å². The van der Waals surface area contributed by atoms with E-state index in [1.165, 1.54) is 18.4 Å². The number of hydrogen-bond acceptors (Lipinski definition) is 3. The molecule has 0 amide bonds. The zero-order valence-corrected chi connectivity index (χ0v) is 10.8. The van der Waals surface area contributed by atoms with E-state index in [0.29, 0.717) is 18.7 Å². The van der Waals surface area contributed by atoms with Crippen molar-refractivity contribution in [2.45, 2.75) is 38.8 Å². The Hall–Kier alpha value is -1.22. The highest BCUT2D eigenvalue weighted by Crippen LogP contribution is 2.38. The van der Waals surface area contributed by atoms with Gasteiger partial charge in [0.15, 0.2) is 0 Å². The first-order valence-corrected chi connectivity index (χ1v) is 6.31. The van der Waals surface area contributed by atoms with Crippen molar-refractivity contribution in [3.05, 3.63) is 23.8 Å². The maximum absolute atomic E-state index is 9.42. The molecule has 17 heavy (non-hydrogen) atoms. The highest BCUT2D eigenvalue weighted by molar-refractivity contribution is 5.44. The molecule has 3 heteroatoms.